The van der Waals surface area contributed by atoms with E-state index in [2.05, 4.69) is 43.3 Å². The molecule has 0 amide bonds. The molecule has 22 heavy (non-hydrogen) atoms. The van der Waals surface area contributed by atoms with Crippen LogP contribution < -0.4 is 4.74 Å². The van der Waals surface area contributed by atoms with Crippen LogP contribution in [-0.2, 0) is 10.2 Å². The smallest absolute Gasteiger partial charge is 0.134 e. The quantitative estimate of drug-likeness (QED) is 0.837. The summed E-state index contributed by atoms with van der Waals surface area (Å²) in [4.78, 5) is 12.2. The molecule has 0 bridgehead atoms. The summed E-state index contributed by atoms with van der Waals surface area (Å²) in [5.74, 6) is 1.22. The summed E-state index contributed by atoms with van der Waals surface area (Å²) in [5, 5.41) is 0. The maximum Gasteiger partial charge on any atom is 0.134 e. The molecular formula is C20H22O2. The third kappa shape index (κ3) is 2.66. The maximum atomic E-state index is 12.2. The summed E-state index contributed by atoms with van der Waals surface area (Å²) in [6.07, 6.45) is 3.29. The molecule has 1 fully saturated rings. The SMILES string of the molecule is COc1ccc([C@@]2(c3ccc(C)cc3)CCCC(=O)C2)cc1. The highest BCUT2D eigenvalue weighted by Crippen LogP contribution is 2.44. The van der Waals surface area contributed by atoms with Crippen molar-refractivity contribution in [2.24, 2.45) is 0 Å². The summed E-state index contributed by atoms with van der Waals surface area (Å²) < 4.78 is 5.27. The van der Waals surface area contributed by atoms with Gasteiger partial charge in [-0.05, 0) is 43.0 Å². The van der Waals surface area contributed by atoms with Gasteiger partial charge in [-0.1, -0.05) is 42.0 Å². The Balaban J connectivity index is 2.09. The van der Waals surface area contributed by atoms with Crippen LogP contribution in [0, 0.1) is 6.92 Å². The molecule has 2 nitrogen and oxygen atoms in total. The molecular weight excluding hydrogens is 272 g/mol. The maximum absolute atomic E-state index is 12.2. The van der Waals surface area contributed by atoms with E-state index < -0.39 is 0 Å². The largest absolute Gasteiger partial charge is 0.497 e. The van der Waals surface area contributed by atoms with E-state index in [0.717, 1.165) is 18.6 Å². The molecule has 1 atom stereocenters. The first-order valence-corrected chi connectivity index (χ1v) is 7.87. The van der Waals surface area contributed by atoms with Crippen molar-refractivity contribution < 1.29 is 9.53 Å². The molecule has 1 aliphatic carbocycles. The first-order valence-electron chi connectivity index (χ1n) is 7.87. The van der Waals surface area contributed by atoms with Gasteiger partial charge >= 0.3 is 0 Å². The fourth-order valence-corrected chi connectivity index (χ4v) is 3.54. The summed E-state index contributed by atoms with van der Waals surface area (Å²) in [6.45, 7) is 2.09. The lowest BCUT2D eigenvalue weighted by molar-refractivity contribution is -0.121. The van der Waals surface area contributed by atoms with Crippen LogP contribution in [0.5, 0.6) is 5.75 Å². The number of benzene rings is 2. The van der Waals surface area contributed by atoms with E-state index in [1.807, 2.05) is 12.1 Å². The summed E-state index contributed by atoms with van der Waals surface area (Å²) >= 11 is 0. The lowest BCUT2D eigenvalue weighted by atomic mass is 9.65. The number of hydrogen-bond donors (Lipinski definition) is 0. The Morgan fingerprint density at radius 1 is 0.955 bits per heavy atom. The number of hydrogen-bond acceptors (Lipinski definition) is 2. The van der Waals surface area contributed by atoms with Crippen molar-refractivity contribution in [1.82, 2.24) is 0 Å². The highest BCUT2D eigenvalue weighted by atomic mass is 16.5. The Kier molecular flexibility index (Phi) is 4.02. The van der Waals surface area contributed by atoms with Crippen LogP contribution in [0.25, 0.3) is 0 Å². The van der Waals surface area contributed by atoms with Crippen molar-refractivity contribution in [3.05, 3.63) is 65.2 Å². The van der Waals surface area contributed by atoms with E-state index in [-0.39, 0.29) is 5.41 Å². The van der Waals surface area contributed by atoms with E-state index >= 15 is 0 Å². The molecule has 2 aromatic rings. The number of rotatable bonds is 3. The van der Waals surface area contributed by atoms with Crippen molar-refractivity contribution in [1.29, 1.82) is 0 Å². The molecule has 1 aliphatic rings. The van der Waals surface area contributed by atoms with E-state index in [4.69, 9.17) is 4.74 Å². The van der Waals surface area contributed by atoms with Gasteiger partial charge in [0, 0.05) is 18.3 Å². The van der Waals surface area contributed by atoms with Gasteiger partial charge in [0.25, 0.3) is 0 Å². The summed E-state index contributed by atoms with van der Waals surface area (Å²) in [6, 6.07) is 16.8. The van der Waals surface area contributed by atoms with Gasteiger partial charge in [0.05, 0.1) is 7.11 Å². The zero-order chi connectivity index (χ0) is 15.6. The molecule has 3 rings (SSSR count). The predicted molar refractivity (Wildman–Crippen MR) is 88.4 cm³/mol. The predicted octanol–water partition coefficient (Wildman–Crippen LogP) is 4.43. The number of carbonyl (C=O) groups is 1. The summed E-state index contributed by atoms with van der Waals surface area (Å²) in [5.41, 5.74) is 3.52. The fourth-order valence-electron chi connectivity index (χ4n) is 3.54. The Hall–Kier alpha value is -2.09. The van der Waals surface area contributed by atoms with Crippen LogP contribution in [0.1, 0.15) is 42.4 Å². The van der Waals surface area contributed by atoms with Gasteiger partial charge in [0.2, 0.25) is 0 Å². The number of ether oxygens (including phenoxy) is 1. The van der Waals surface area contributed by atoms with Gasteiger partial charge in [0.1, 0.15) is 11.5 Å². The number of carbonyl (C=O) groups excluding carboxylic acids is 1. The standard InChI is InChI=1S/C20H22O2/c1-15-5-7-16(8-6-15)20(13-3-4-18(21)14-20)17-9-11-19(22-2)12-10-17/h5-12H,3-4,13-14H2,1-2H3/t20-/m0/s1. The van der Waals surface area contributed by atoms with Crippen molar-refractivity contribution in [3.8, 4) is 5.75 Å². The Morgan fingerprint density at radius 3 is 2.09 bits per heavy atom. The van der Waals surface area contributed by atoms with Crippen molar-refractivity contribution in [2.45, 2.75) is 38.0 Å². The molecule has 2 heteroatoms. The van der Waals surface area contributed by atoms with Gasteiger partial charge in [-0.15, -0.1) is 0 Å². The Labute approximate surface area is 132 Å². The zero-order valence-corrected chi connectivity index (χ0v) is 13.3. The number of ketones is 1. The third-order valence-corrected chi connectivity index (χ3v) is 4.80. The molecule has 0 unspecified atom stereocenters. The molecule has 2 aromatic carbocycles. The van der Waals surface area contributed by atoms with Crippen LogP contribution in [-0.4, -0.2) is 12.9 Å². The first kappa shape index (κ1) is 14.8. The van der Waals surface area contributed by atoms with Crippen LogP contribution in [0.3, 0.4) is 0 Å². The molecule has 0 radical (unpaired) electrons. The molecule has 0 heterocycles. The lowest BCUT2D eigenvalue weighted by Crippen LogP contribution is -2.34. The average molecular weight is 294 g/mol. The van der Waals surface area contributed by atoms with Gasteiger partial charge in [-0.2, -0.15) is 0 Å². The second-order valence-corrected chi connectivity index (χ2v) is 6.25. The van der Waals surface area contributed by atoms with Crippen LogP contribution in [0.4, 0.5) is 0 Å². The van der Waals surface area contributed by atoms with Crippen molar-refractivity contribution in [2.75, 3.05) is 7.11 Å². The molecule has 0 N–H and O–H groups in total. The average Bonchev–Trinajstić information content (AvgIpc) is 2.55. The minimum absolute atomic E-state index is 0.185. The fraction of sp³-hybridized carbons (Fsp3) is 0.350. The topological polar surface area (TPSA) is 26.3 Å². The van der Waals surface area contributed by atoms with Crippen LogP contribution in [0.2, 0.25) is 0 Å². The molecule has 0 saturated heterocycles. The molecule has 0 aliphatic heterocycles. The second kappa shape index (κ2) is 5.96. The summed E-state index contributed by atoms with van der Waals surface area (Å²) in [7, 11) is 1.68. The lowest BCUT2D eigenvalue weighted by Gasteiger charge is -2.38. The van der Waals surface area contributed by atoms with Crippen molar-refractivity contribution >= 4 is 5.78 Å². The monoisotopic (exact) mass is 294 g/mol. The highest BCUT2D eigenvalue weighted by Gasteiger charge is 2.38. The first-order chi connectivity index (χ1) is 10.6. The minimum atomic E-state index is -0.185. The molecule has 114 valence electrons. The second-order valence-electron chi connectivity index (χ2n) is 6.25. The molecule has 0 aromatic heterocycles. The normalized spacial score (nSPS) is 21.6. The van der Waals surface area contributed by atoms with Crippen molar-refractivity contribution in [3.63, 3.8) is 0 Å². The van der Waals surface area contributed by atoms with E-state index in [9.17, 15) is 4.79 Å². The van der Waals surface area contributed by atoms with Crippen LogP contribution >= 0.6 is 0 Å². The highest BCUT2D eigenvalue weighted by molar-refractivity contribution is 5.82. The van der Waals surface area contributed by atoms with Gasteiger partial charge < -0.3 is 4.74 Å². The zero-order valence-electron chi connectivity index (χ0n) is 13.3. The Morgan fingerprint density at radius 2 is 1.55 bits per heavy atom. The molecule has 0 spiro atoms. The third-order valence-electron chi connectivity index (χ3n) is 4.80. The van der Waals surface area contributed by atoms with E-state index in [1.165, 1.54) is 16.7 Å². The van der Waals surface area contributed by atoms with Gasteiger partial charge in [-0.25, -0.2) is 0 Å². The van der Waals surface area contributed by atoms with Gasteiger partial charge in [-0.3, -0.25) is 4.79 Å². The van der Waals surface area contributed by atoms with E-state index in [0.29, 0.717) is 18.6 Å². The van der Waals surface area contributed by atoms with E-state index in [1.54, 1.807) is 7.11 Å². The number of aryl methyl sites for hydroxylation is 1. The van der Waals surface area contributed by atoms with Gasteiger partial charge in [0.15, 0.2) is 0 Å². The van der Waals surface area contributed by atoms with Crippen LogP contribution in [0.15, 0.2) is 48.5 Å². The minimum Gasteiger partial charge on any atom is -0.497 e. The molecule has 1 saturated carbocycles. The number of methoxy groups -OCH3 is 1. The number of Topliss-reactive ketones (excluding diaryl/α,β-unsaturated/α-hetero) is 1. The Bertz CT molecular complexity index is 655.